The highest BCUT2D eigenvalue weighted by molar-refractivity contribution is 5.51. The molecule has 106 valence electrons. The van der Waals surface area contributed by atoms with E-state index in [2.05, 4.69) is 4.98 Å². The highest BCUT2D eigenvalue weighted by Crippen LogP contribution is 2.31. The molecule has 0 saturated heterocycles. The molecule has 2 aromatic rings. The molecule has 2 rings (SSSR count). The number of aromatic nitrogens is 1. The zero-order valence-corrected chi connectivity index (χ0v) is 11.9. The molecule has 5 heteroatoms. The molecule has 0 aliphatic heterocycles. The van der Waals surface area contributed by atoms with E-state index in [1.165, 1.54) is 0 Å². The van der Waals surface area contributed by atoms with Crippen molar-refractivity contribution in [2.75, 3.05) is 20.0 Å². The molecule has 0 amide bonds. The van der Waals surface area contributed by atoms with Crippen LogP contribution in [0.4, 0.5) is 5.82 Å². The van der Waals surface area contributed by atoms with Crippen LogP contribution in [-0.4, -0.2) is 19.2 Å². The number of methoxy groups -OCH3 is 2. The summed E-state index contributed by atoms with van der Waals surface area (Å²) in [7, 11) is 3.21. The number of rotatable bonds is 4. The Labute approximate surface area is 118 Å². The minimum atomic E-state index is -0.382. The lowest BCUT2D eigenvalue weighted by molar-refractivity contribution is 0.393. The van der Waals surface area contributed by atoms with Crippen molar-refractivity contribution in [3.63, 3.8) is 0 Å². The molecule has 1 heterocycles. The number of benzene rings is 1. The Balaban J connectivity index is 2.50. The Bertz CT molecular complexity index is 572. The summed E-state index contributed by atoms with van der Waals surface area (Å²) in [6.45, 7) is 1.96. The summed E-state index contributed by atoms with van der Waals surface area (Å²) in [5.74, 6) is 1.82. The van der Waals surface area contributed by atoms with Crippen molar-refractivity contribution in [3.05, 3.63) is 47.2 Å². The zero-order valence-electron chi connectivity index (χ0n) is 11.9. The molecule has 0 fully saturated rings. The standard InChI is InChI=1S/C15H19N3O2/c1-9-4-5-18-15(17)13(9)14(16)10-6-11(19-2)8-12(7-10)20-3/h4-8,14H,16H2,1-3H3,(H2,17,18). The number of ether oxygens (including phenoxy) is 2. The summed E-state index contributed by atoms with van der Waals surface area (Å²) >= 11 is 0. The van der Waals surface area contributed by atoms with Gasteiger partial charge in [-0.3, -0.25) is 0 Å². The fourth-order valence-electron chi connectivity index (χ4n) is 2.17. The molecule has 0 saturated carbocycles. The lowest BCUT2D eigenvalue weighted by Crippen LogP contribution is -2.16. The molecule has 1 aromatic heterocycles. The molecule has 0 radical (unpaired) electrons. The first-order chi connectivity index (χ1) is 9.56. The molecule has 1 atom stereocenters. The van der Waals surface area contributed by atoms with E-state index in [-0.39, 0.29) is 6.04 Å². The van der Waals surface area contributed by atoms with E-state index in [9.17, 15) is 0 Å². The van der Waals surface area contributed by atoms with Crippen molar-refractivity contribution in [2.24, 2.45) is 5.73 Å². The fraction of sp³-hybridized carbons (Fsp3) is 0.267. The maximum atomic E-state index is 6.33. The second-order valence-corrected chi connectivity index (χ2v) is 4.55. The van der Waals surface area contributed by atoms with Crippen molar-refractivity contribution in [1.29, 1.82) is 0 Å². The van der Waals surface area contributed by atoms with E-state index in [0.29, 0.717) is 17.3 Å². The van der Waals surface area contributed by atoms with Gasteiger partial charge in [0.15, 0.2) is 0 Å². The Morgan fingerprint density at radius 3 is 2.20 bits per heavy atom. The smallest absolute Gasteiger partial charge is 0.128 e. The molecule has 0 aliphatic rings. The fourth-order valence-corrected chi connectivity index (χ4v) is 2.17. The van der Waals surface area contributed by atoms with Gasteiger partial charge in [-0.2, -0.15) is 0 Å². The van der Waals surface area contributed by atoms with E-state index in [1.807, 2.05) is 25.1 Å². The SMILES string of the molecule is COc1cc(OC)cc(C(N)c2c(C)ccnc2N)c1. The van der Waals surface area contributed by atoms with Crippen molar-refractivity contribution in [2.45, 2.75) is 13.0 Å². The van der Waals surface area contributed by atoms with Gasteiger partial charge in [0.05, 0.1) is 20.3 Å². The first-order valence-corrected chi connectivity index (χ1v) is 6.26. The summed E-state index contributed by atoms with van der Waals surface area (Å²) in [4.78, 5) is 4.11. The van der Waals surface area contributed by atoms with Crippen LogP contribution >= 0.6 is 0 Å². The molecular formula is C15H19N3O2. The third-order valence-corrected chi connectivity index (χ3v) is 3.28. The quantitative estimate of drug-likeness (QED) is 0.890. The Morgan fingerprint density at radius 2 is 1.70 bits per heavy atom. The summed E-state index contributed by atoms with van der Waals surface area (Å²) in [6.07, 6.45) is 1.67. The Kier molecular flexibility index (Phi) is 4.10. The molecule has 4 N–H and O–H groups in total. The number of pyridine rings is 1. The van der Waals surface area contributed by atoms with Gasteiger partial charge in [-0.15, -0.1) is 0 Å². The van der Waals surface area contributed by atoms with E-state index < -0.39 is 0 Å². The van der Waals surface area contributed by atoms with Gasteiger partial charge in [-0.05, 0) is 36.2 Å². The van der Waals surface area contributed by atoms with Crippen molar-refractivity contribution < 1.29 is 9.47 Å². The number of aryl methyl sites for hydroxylation is 1. The van der Waals surface area contributed by atoms with Gasteiger partial charge in [-0.25, -0.2) is 4.98 Å². The third-order valence-electron chi connectivity index (χ3n) is 3.28. The molecule has 5 nitrogen and oxygen atoms in total. The molecule has 20 heavy (non-hydrogen) atoms. The normalized spacial score (nSPS) is 12.0. The van der Waals surface area contributed by atoms with Gasteiger partial charge in [0.2, 0.25) is 0 Å². The second-order valence-electron chi connectivity index (χ2n) is 4.55. The van der Waals surface area contributed by atoms with Gasteiger partial charge in [0, 0.05) is 17.8 Å². The van der Waals surface area contributed by atoms with Crippen molar-refractivity contribution >= 4 is 5.82 Å². The van der Waals surface area contributed by atoms with Gasteiger partial charge in [0.1, 0.15) is 17.3 Å². The third kappa shape index (κ3) is 2.67. The minimum absolute atomic E-state index is 0.382. The maximum absolute atomic E-state index is 6.33. The van der Waals surface area contributed by atoms with Gasteiger partial charge >= 0.3 is 0 Å². The van der Waals surface area contributed by atoms with Crippen LogP contribution in [0, 0.1) is 6.92 Å². The van der Waals surface area contributed by atoms with Crippen molar-refractivity contribution in [3.8, 4) is 11.5 Å². The van der Waals surface area contributed by atoms with Gasteiger partial charge in [-0.1, -0.05) is 0 Å². The summed E-state index contributed by atoms with van der Waals surface area (Å²) in [6, 6.07) is 7.06. The van der Waals surface area contributed by atoms with Crippen LogP contribution in [-0.2, 0) is 0 Å². The summed E-state index contributed by atoms with van der Waals surface area (Å²) in [5.41, 5.74) is 15.0. The van der Waals surface area contributed by atoms with E-state index in [1.54, 1.807) is 26.5 Å². The van der Waals surface area contributed by atoms with Crippen molar-refractivity contribution in [1.82, 2.24) is 4.98 Å². The highest BCUT2D eigenvalue weighted by Gasteiger charge is 2.17. The number of hydrogen-bond donors (Lipinski definition) is 2. The first kappa shape index (κ1) is 14.1. The lowest BCUT2D eigenvalue weighted by atomic mass is 9.96. The predicted molar refractivity (Wildman–Crippen MR) is 79.0 cm³/mol. The Morgan fingerprint density at radius 1 is 1.10 bits per heavy atom. The molecular weight excluding hydrogens is 254 g/mol. The van der Waals surface area contributed by atoms with Crippen LogP contribution in [0.1, 0.15) is 22.7 Å². The molecule has 1 aromatic carbocycles. The summed E-state index contributed by atoms with van der Waals surface area (Å²) < 4.78 is 10.5. The monoisotopic (exact) mass is 273 g/mol. The second kappa shape index (κ2) is 5.79. The number of anilines is 1. The molecule has 0 bridgehead atoms. The molecule has 1 unspecified atom stereocenters. The Hall–Kier alpha value is -2.27. The number of nitrogens with two attached hydrogens (primary N) is 2. The number of hydrogen-bond acceptors (Lipinski definition) is 5. The first-order valence-electron chi connectivity index (χ1n) is 6.26. The minimum Gasteiger partial charge on any atom is -0.497 e. The van der Waals surface area contributed by atoms with E-state index >= 15 is 0 Å². The van der Waals surface area contributed by atoms with Gasteiger partial charge < -0.3 is 20.9 Å². The average molecular weight is 273 g/mol. The van der Waals surface area contributed by atoms with Crippen LogP contribution in [0.3, 0.4) is 0 Å². The molecule has 0 aliphatic carbocycles. The molecule has 0 spiro atoms. The highest BCUT2D eigenvalue weighted by atomic mass is 16.5. The maximum Gasteiger partial charge on any atom is 0.128 e. The van der Waals surface area contributed by atoms with Crippen LogP contribution in [0.2, 0.25) is 0 Å². The van der Waals surface area contributed by atoms with Crippen LogP contribution in [0.5, 0.6) is 11.5 Å². The number of nitrogen functional groups attached to an aromatic ring is 1. The summed E-state index contributed by atoms with van der Waals surface area (Å²) in [5, 5.41) is 0. The predicted octanol–water partition coefficient (Wildman–Crippen LogP) is 2.04. The average Bonchev–Trinajstić information content (AvgIpc) is 2.46. The van der Waals surface area contributed by atoms with Crippen LogP contribution in [0.15, 0.2) is 30.5 Å². The van der Waals surface area contributed by atoms with E-state index in [0.717, 1.165) is 16.7 Å². The zero-order chi connectivity index (χ0) is 14.7. The van der Waals surface area contributed by atoms with Gasteiger partial charge in [0.25, 0.3) is 0 Å². The van der Waals surface area contributed by atoms with E-state index in [4.69, 9.17) is 20.9 Å². The lowest BCUT2D eigenvalue weighted by Gasteiger charge is -2.18. The topological polar surface area (TPSA) is 83.4 Å². The van der Waals surface area contributed by atoms with Crippen LogP contribution < -0.4 is 20.9 Å². The number of nitrogens with zero attached hydrogens (tertiary/aromatic N) is 1. The largest absolute Gasteiger partial charge is 0.497 e. The van der Waals surface area contributed by atoms with Crippen LogP contribution in [0.25, 0.3) is 0 Å².